The van der Waals surface area contributed by atoms with Crippen LogP contribution in [-0.4, -0.2) is 48.2 Å². The molecule has 12 heteroatoms. The summed E-state index contributed by atoms with van der Waals surface area (Å²) in [5, 5.41) is 12.1. The molecular formula is C25H25N5O6S. The Morgan fingerprint density at radius 3 is 2.59 bits per heavy atom. The minimum Gasteiger partial charge on any atom is -0.484 e. The van der Waals surface area contributed by atoms with Crippen molar-refractivity contribution in [2.24, 2.45) is 11.4 Å². The lowest BCUT2D eigenvalue weighted by atomic mass is 10.1. The Morgan fingerprint density at radius 1 is 1.27 bits per heavy atom. The molecule has 1 saturated carbocycles. The van der Waals surface area contributed by atoms with Crippen LogP contribution in [0.2, 0.25) is 0 Å². The molecule has 3 aromatic rings. The summed E-state index contributed by atoms with van der Waals surface area (Å²) < 4.78 is 39.9. The van der Waals surface area contributed by atoms with Gasteiger partial charge < -0.3 is 19.4 Å². The summed E-state index contributed by atoms with van der Waals surface area (Å²) in [6, 6.07) is 11.9. The molecule has 37 heavy (non-hydrogen) atoms. The van der Waals surface area contributed by atoms with Crippen LogP contribution in [0.1, 0.15) is 41.3 Å². The maximum Gasteiger partial charge on any atom is 0.265 e. The number of nitrogens with zero attached hydrogens (tertiary/aromatic N) is 4. The average molecular weight is 524 g/mol. The van der Waals surface area contributed by atoms with Gasteiger partial charge in [-0.25, -0.2) is 13.4 Å². The highest BCUT2D eigenvalue weighted by Crippen LogP contribution is 2.45. The Balaban J connectivity index is 1.56. The first-order chi connectivity index (χ1) is 17.6. The summed E-state index contributed by atoms with van der Waals surface area (Å²) in [6.07, 6.45) is 2.22. The van der Waals surface area contributed by atoms with Crippen molar-refractivity contribution >= 4 is 32.7 Å². The van der Waals surface area contributed by atoms with E-state index in [0.717, 1.165) is 5.56 Å². The third kappa shape index (κ3) is 5.17. The monoisotopic (exact) mass is 523 g/mol. The highest BCUT2D eigenvalue weighted by atomic mass is 32.2. The molecule has 0 spiro atoms. The molecule has 11 nitrogen and oxygen atoms in total. The first kappa shape index (κ1) is 25.8. The van der Waals surface area contributed by atoms with Crippen LogP contribution in [0, 0.1) is 11.3 Å². The normalized spacial score (nSPS) is 14.6. The van der Waals surface area contributed by atoms with E-state index in [9.17, 15) is 18.0 Å². The highest BCUT2D eigenvalue weighted by molar-refractivity contribution is 7.92. The molecule has 4 rings (SSSR count). The van der Waals surface area contributed by atoms with E-state index in [-0.39, 0.29) is 30.5 Å². The van der Waals surface area contributed by atoms with Gasteiger partial charge in [0.1, 0.15) is 22.4 Å². The number of aryl methyl sites for hydroxylation is 1. The maximum atomic E-state index is 13.1. The molecule has 0 atom stereocenters. The molecule has 1 aliphatic rings. The van der Waals surface area contributed by atoms with Gasteiger partial charge in [-0.1, -0.05) is 12.1 Å². The van der Waals surface area contributed by atoms with Crippen molar-refractivity contribution in [3.63, 3.8) is 0 Å². The number of rotatable bonds is 8. The number of benzene rings is 1. The smallest absolute Gasteiger partial charge is 0.265 e. The Labute approximate surface area is 213 Å². The van der Waals surface area contributed by atoms with E-state index >= 15 is 0 Å². The quantitative estimate of drug-likeness (QED) is 0.348. The first-order valence-corrected chi connectivity index (χ1v) is 12.8. The number of fused-ring (bicyclic) bond motifs is 1. The van der Waals surface area contributed by atoms with Crippen molar-refractivity contribution in [2.75, 3.05) is 13.7 Å². The van der Waals surface area contributed by atoms with E-state index in [0.29, 0.717) is 29.3 Å². The predicted octanol–water partition coefficient (Wildman–Crippen LogP) is 2.04. The van der Waals surface area contributed by atoms with E-state index < -0.39 is 26.2 Å². The number of hydrogen-bond acceptors (Lipinski definition) is 8. The molecule has 2 aromatic heterocycles. The van der Waals surface area contributed by atoms with Crippen molar-refractivity contribution in [1.82, 2.24) is 14.9 Å². The number of amides is 1. The average Bonchev–Trinajstić information content (AvgIpc) is 3.70. The molecule has 0 saturated heterocycles. The van der Waals surface area contributed by atoms with Crippen LogP contribution >= 0.6 is 0 Å². The molecule has 192 valence electrons. The summed E-state index contributed by atoms with van der Waals surface area (Å²) in [4.78, 5) is 30.1. The zero-order valence-corrected chi connectivity index (χ0v) is 21.3. The largest absolute Gasteiger partial charge is 0.484 e. The summed E-state index contributed by atoms with van der Waals surface area (Å²) in [7, 11) is -1.05. The van der Waals surface area contributed by atoms with Gasteiger partial charge in [-0.05, 0) is 42.7 Å². The number of methoxy groups -OCH3 is 1. The van der Waals surface area contributed by atoms with Crippen molar-refractivity contribution in [1.29, 1.82) is 5.26 Å². The number of sulfonamides is 1. The van der Waals surface area contributed by atoms with E-state index in [1.165, 1.54) is 37.9 Å². The minimum atomic E-state index is -3.88. The van der Waals surface area contributed by atoms with Gasteiger partial charge in [-0.2, -0.15) is 5.26 Å². The number of carbonyl (C=O) groups is 1. The van der Waals surface area contributed by atoms with Gasteiger partial charge in [0.25, 0.3) is 21.5 Å². The van der Waals surface area contributed by atoms with Gasteiger partial charge in [-0.15, -0.1) is 4.40 Å². The summed E-state index contributed by atoms with van der Waals surface area (Å²) in [6.45, 7) is 1.44. The summed E-state index contributed by atoms with van der Waals surface area (Å²) in [5.41, 5.74) is 0.996. The highest BCUT2D eigenvalue weighted by Gasteiger charge is 2.56. The van der Waals surface area contributed by atoms with Crippen LogP contribution in [-0.2, 0) is 28.4 Å². The van der Waals surface area contributed by atoms with Gasteiger partial charge in [0.15, 0.2) is 5.90 Å². The topological polar surface area (TPSA) is 153 Å². The predicted molar refractivity (Wildman–Crippen MR) is 136 cm³/mol. The van der Waals surface area contributed by atoms with Crippen LogP contribution in [0.3, 0.4) is 0 Å². The molecule has 1 fully saturated rings. The standard InChI is InChI=1S/C25H25N5O6S/c1-16(35-3)29-37(33,34)25(9-10-25)15-36-23-21-19(8-11-27-23)12-20(24(32)30(21)2)22(31)28-14-18-6-4-17(13-26)5-7-18/h4-8,11-12H,9-10,14-15H2,1-3H3,(H,28,31). The van der Waals surface area contributed by atoms with Crippen molar-refractivity contribution in [3.05, 3.63) is 69.6 Å². The van der Waals surface area contributed by atoms with Gasteiger partial charge in [-0.3, -0.25) is 9.59 Å². The van der Waals surface area contributed by atoms with Gasteiger partial charge >= 0.3 is 0 Å². The SMILES string of the molecule is COC(C)=NS(=O)(=O)C1(COc2nccc3cc(C(=O)NCc4ccc(C#N)cc4)c(=O)n(C)c23)CC1. The second kappa shape index (κ2) is 10.0. The number of carbonyl (C=O) groups excluding carboxylic acids is 1. The fourth-order valence-corrected chi connectivity index (χ4v) is 5.20. The van der Waals surface area contributed by atoms with Crippen molar-refractivity contribution in [3.8, 4) is 11.9 Å². The van der Waals surface area contributed by atoms with Gasteiger partial charge in [0.2, 0.25) is 5.88 Å². The van der Waals surface area contributed by atoms with Crippen LogP contribution < -0.4 is 15.6 Å². The summed E-state index contributed by atoms with van der Waals surface area (Å²) >= 11 is 0. The fourth-order valence-electron chi connectivity index (χ4n) is 3.76. The first-order valence-electron chi connectivity index (χ1n) is 11.3. The second-order valence-corrected chi connectivity index (χ2v) is 10.7. The summed E-state index contributed by atoms with van der Waals surface area (Å²) in [5.74, 6) is -0.446. The van der Waals surface area contributed by atoms with Crippen LogP contribution in [0.15, 0.2) is 51.8 Å². The number of nitrogens with one attached hydrogen (secondary N) is 1. The third-order valence-electron chi connectivity index (χ3n) is 6.24. The number of hydrogen-bond donors (Lipinski definition) is 1. The molecule has 0 unspecified atom stereocenters. The van der Waals surface area contributed by atoms with Gasteiger partial charge in [0, 0.05) is 32.1 Å². The Bertz CT molecular complexity index is 1600. The number of pyridine rings is 2. The molecule has 1 amide bonds. The number of aromatic nitrogens is 2. The van der Waals surface area contributed by atoms with E-state index in [4.69, 9.17) is 14.7 Å². The van der Waals surface area contributed by atoms with Crippen LogP contribution in [0.4, 0.5) is 0 Å². The Hall–Kier alpha value is -4.24. The van der Waals surface area contributed by atoms with E-state index in [1.807, 2.05) is 6.07 Å². The molecule has 1 aromatic carbocycles. The lowest BCUT2D eigenvalue weighted by Crippen LogP contribution is -2.32. The van der Waals surface area contributed by atoms with Crippen LogP contribution in [0.25, 0.3) is 10.9 Å². The number of ether oxygens (including phenoxy) is 2. The minimum absolute atomic E-state index is 0.0296. The lowest BCUT2D eigenvalue weighted by molar-refractivity contribution is 0.0949. The van der Waals surface area contributed by atoms with Gasteiger partial charge in [0.05, 0.1) is 18.7 Å². The Morgan fingerprint density at radius 2 is 1.97 bits per heavy atom. The van der Waals surface area contributed by atoms with Crippen molar-refractivity contribution < 1.29 is 22.7 Å². The van der Waals surface area contributed by atoms with Crippen LogP contribution in [0.5, 0.6) is 5.88 Å². The molecule has 1 aliphatic carbocycles. The van der Waals surface area contributed by atoms with Crippen molar-refractivity contribution in [2.45, 2.75) is 31.1 Å². The lowest BCUT2D eigenvalue weighted by Gasteiger charge is -2.16. The Kier molecular flexibility index (Phi) is 7.00. The zero-order valence-electron chi connectivity index (χ0n) is 20.5. The fraction of sp³-hybridized carbons (Fsp3) is 0.320. The molecule has 0 aliphatic heterocycles. The molecular weight excluding hydrogens is 498 g/mol. The molecule has 2 heterocycles. The second-order valence-electron chi connectivity index (χ2n) is 8.73. The molecule has 0 radical (unpaired) electrons. The number of nitriles is 1. The van der Waals surface area contributed by atoms with E-state index in [1.54, 1.807) is 30.3 Å². The maximum absolute atomic E-state index is 13.1. The van der Waals surface area contributed by atoms with E-state index in [2.05, 4.69) is 14.7 Å². The molecule has 0 bridgehead atoms. The zero-order chi connectivity index (χ0) is 26.8. The molecule has 1 N–H and O–H groups in total. The third-order valence-corrected chi connectivity index (χ3v) is 8.36.